The van der Waals surface area contributed by atoms with Crippen molar-refractivity contribution in [2.75, 3.05) is 34.5 Å². The third-order valence-electron chi connectivity index (χ3n) is 5.13. The molecule has 0 unspecified atom stereocenters. The van der Waals surface area contributed by atoms with Gasteiger partial charge in [0, 0.05) is 23.2 Å². The lowest BCUT2D eigenvalue weighted by Crippen LogP contribution is -2.24. The molecule has 0 aliphatic rings. The Balaban J connectivity index is 1.32. The molecule has 178 valence electrons. The Hall–Kier alpha value is -4.71. The van der Waals surface area contributed by atoms with Crippen LogP contribution in [0.2, 0.25) is 0 Å². The van der Waals surface area contributed by atoms with Crippen LogP contribution in [0.3, 0.4) is 0 Å². The Morgan fingerprint density at radius 3 is 2.54 bits per heavy atom. The van der Waals surface area contributed by atoms with Crippen LogP contribution in [0, 0.1) is 11.8 Å². The first-order valence-corrected chi connectivity index (χ1v) is 10.7. The van der Waals surface area contributed by atoms with E-state index in [1.807, 2.05) is 30.3 Å². The highest BCUT2D eigenvalue weighted by molar-refractivity contribution is 5.93. The topological polar surface area (TPSA) is 108 Å². The maximum Gasteiger partial charge on any atom is 0.270 e. The van der Waals surface area contributed by atoms with E-state index in [2.05, 4.69) is 32.3 Å². The predicted molar refractivity (Wildman–Crippen MR) is 131 cm³/mol. The first-order valence-electron chi connectivity index (χ1n) is 10.7. The van der Waals surface area contributed by atoms with E-state index in [0.29, 0.717) is 39.9 Å². The Labute approximate surface area is 202 Å². The highest BCUT2D eigenvalue weighted by Gasteiger charge is 2.17. The van der Waals surface area contributed by atoms with E-state index in [9.17, 15) is 4.79 Å². The van der Waals surface area contributed by atoms with Gasteiger partial charge in [0.15, 0.2) is 11.5 Å². The second-order valence-electron chi connectivity index (χ2n) is 7.26. The standard InChI is InChI=1S/C26H24N4O5/c1-32-23-13-18(14-24(33-2)25(23)34-3)21-16-22(30-29-21)26(31)28-10-4-5-12-35-19-9-8-17-7-6-11-27-20(17)15-19/h6-9,11,13-16H,10,12H2,1-3H3,(H,28,31)(H,29,30). The maximum atomic E-state index is 12.5. The molecule has 2 heterocycles. The summed E-state index contributed by atoms with van der Waals surface area (Å²) in [6.45, 7) is 0.365. The zero-order chi connectivity index (χ0) is 24.6. The number of aromatic nitrogens is 3. The van der Waals surface area contributed by atoms with Gasteiger partial charge in [-0.25, -0.2) is 0 Å². The lowest BCUT2D eigenvalue weighted by atomic mass is 10.1. The SMILES string of the molecule is COc1cc(-c2cc(C(=O)NCC#CCOc3ccc4cccnc4c3)[nH]n2)cc(OC)c1OC. The number of carbonyl (C=O) groups excluding carboxylic acids is 1. The summed E-state index contributed by atoms with van der Waals surface area (Å²) in [5.41, 5.74) is 2.42. The molecular weight excluding hydrogens is 448 g/mol. The van der Waals surface area contributed by atoms with Crippen LogP contribution < -0.4 is 24.3 Å². The van der Waals surface area contributed by atoms with Crippen LogP contribution in [0.15, 0.2) is 54.7 Å². The summed E-state index contributed by atoms with van der Waals surface area (Å²) in [6, 6.07) is 14.7. The van der Waals surface area contributed by atoms with Gasteiger partial charge in [0.1, 0.15) is 18.1 Å². The summed E-state index contributed by atoms with van der Waals surface area (Å²) in [7, 11) is 4.61. The smallest absolute Gasteiger partial charge is 0.270 e. The Morgan fingerprint density at radius 2 is 1.80 bits per heavy atom. The zero-order valence-electron chi connectivity index (χ0n) is 19.5. The molecule has 0 atom stereocenters. The number of methoxy groups -OCH3 is 3. The molecular formula is C26H24N4O5. The summed E-state index contributed by atoms with van der Waals surface area (Å²) < 4.78 is 21.7. The number of rotatable bonds is 8. The number of nitrogens with zero attached hydrogens (tertiary/aromatic N) is 2. The average molecular weight is 473 g/mol. The number of pyridine rings is 1. The van der Waals surface area contributed by atoms with Gasteiger partial charge in [-0.1, -0.05) is 17.9 Å². The fourth-order valence-corrected chi connectivity index (χ4v) is 3.40. The van der Waals surface area contributed by atoms with E-state index in [0.717, 1.165) is 10.9 Å². The molecule has 0 spiro atoms. The first-order chi connectivity index (χ1) is 17.1. The number of carbonyl (C=O) groups is 1. The van der Waals surface area contributed by atoms with Crippen molar-refractivity contribution in [2.24, 2.45) is 0 Å². The quantitative estimate of drug-likeness (QED) is 0.378. The predicted octanol–water partition coefficient (Wildman–Crippen LogP) is 3.46. The molecule has 1 amide bonds. The van der Waals surface area contributed by atoms with Gasteiger partial charge >= 0.3 is 0 Å². The van der Waals surface area contributed by atoms with E-state index in [-0.39, 0.29) is 19.1 Å². The highest BCUT2D eigenvalue weighted by Crippen LogP contribution is 2.40. The summed E-state index contributed by atoms with van der Waals surface area (Å²) in [5.74, 6) is 7.58. The molecule has 9 nitrogen and oxygen atoms in total. The van der Waals surface area contributed by atoms with Crippen LogP contribution >= 0.6 is 0 Å². The monoisotopic (exact) mass is 472 g/mol. The number of amides is 1. The summed E-state index contributed by atoms with van der Waals surface area (Å²) in [6.07, 6.45) is 1.74. The molecule has 0 bridgehead atoms. The molecule has 0 saturated carbocycles. The third kappa shape index (κ3) is 5.45. The van der Waals surface area contributed by atoms with Crippen molar-refractivity contribution < 1.29 is 23.7 Å². The van der Waals surface area contributed by atoms with Crippen molar-refractivity contribution in [1.29, 1.82) is 0 Å². The van der Waals surface area contributed by atoms with Gasteiger partial charge in [0.25, 0.3) is 5.91 Å². The van der Waals surface area contributed by atoms with Crippen molar-refractivity contribution in [3.63, 3.8) is 0 Å². The van der Waals surface area contributed by atoms with Crippen LogP contribution in [0.25, 0.3) is 22.2 Å². The fourth-order valence-electron chi connectivity index (χ4n) is 3.40. The molecule has 0 saturated heterocycles. The van der Waals surface area contributed by atoms with Gasteiger partial charge in [-0.15, -0.1) is 0 Å². The number of H-pyrrole nitrogens is 1. The van der Waals surface area contributed by atoms with Crippen LogP contribution in [0.4, 0.5) is 0 Å². The van der Waals surface area contributed by atoms with Crippen LogP contribution in [0.1, 0.15) is 10.5 Å². The summed E-state index contributed by atoms with van der Waals surface area (Å²) in [4.78, 5) is 16.8. The van der Waals surface area contributed by atoms with Gasteiger partial charge < -0.3 is 24.3 Å². The minimum Gasteiger partial charge on any atom is -0.493 e. The molecule has 4 rings (SSSR count). The second-order valence-corrected chi connectivity index (χ2v) is 7.26. The number of hydrogen-bond acceptors (Lipinski definition) is 7. The number of fused-ring (bicyclic) bond motifs is 1. The summed E-state index contributed by atoms with van der Waals surface area (Å²) in [5, 5.41) is 10.7. The van der Waals surface area contributed by atoms with E-state index >= 15 is 0 Å². The van der Waals surface area contributed by atoms with Gasteiger partial charge in [0.05, 0.1) is 39.1 Å². The number of nitrogens with one attached hydrogen (secondary N) is 2. The zero-order valence-corrected chi connectivity index (χ0v) is 19.5. The molecule has 4 aromatic rings. The van der Waals surface area contributed by atoms with Crippen molar-refractivity contribution in [2.45, 2.75) is 0 Å². The average Bonchev–Trinajstić information content (AvgIpc) is 3.40. The number of benzene rings is 2. The van der Waals surface area contributed by atoms with Gasteiger partial charge in [-0.3, -0.25) is 14.9 Å². The van der Waals surface area contributed by atoms with E-state index in [1.165, 1.54) is 21.3 Å². The number of ether oxygens (including phenoxy) is 4. The number of aromatic amines is 1. The van der Waals surface area contributed by atoms with E-state index in [1.54, 1.807) is 24.4 Å². The van der Waals surface area contributed by atoms with E-state index in [4.69, 9.17) is 18.9 Å². The Morgan fingerprint density at radius 1 is 1.00 bits per heavy atom. The summed E-state index contributed by atoms with van der Waals surface area (Å²) >= 11 is 0. The van der Waals surface area contributed by atoms with Gasteiger partial charge in [0.2, 0.25) is 5.75 Å². The molecule has 0 aliphatic carbocycles. The molecule has 0 aliphatic heterocycles. The molecule has 0 radical (unpaired) electrons. The largest absolute Gasteiger partial charge is 0.493 e. The normalized spacial score (nSPS) is 10.3. The lowest BCUT2D eigenvalue weighted by Gasteiger charge is -2.13. The van der Waals surface area contributed by atoms with Crippen molar-refractivity contribution >= 4 is 16.8 Å². The molecule has 2 aromatic heterocycles. The fraction of sp³-hybridized carbons (Fsp3) is 0.192. The Kier molecular flexibility index (Phi) is 7.33. The Bertz CT molecular complexity index is 1380. The van der Waals surface area contributed by atoms with Crippen LogP contribution in [-0.2, 0) is 0 Å². The molecule has 35 heavy (non-hydrogen) atoms. The van der Waals surface area contributed by atoms with Crippen LogP contribution in [-0.4, -0.2) is 55.6 Å². The van der Waals surface area contributed by atoms with Crippen LogP contribution in [0.5, 0.6) is 23.0 Å². The second kappa shape index (κ2) is 10.9. The maximum absolute atomic E-state index is 12.5. The van der Waals surface area contributed by atoms with Gasteiger partial charge in [-0.05, 0) is 36.4 Å². The molecule has 0 fully saturated rings. The highest BCUT2D eigenvalue weighted by atomic mass is 16.5. The third-order valence-corrected chi connectivity index (χ3v) is 5.13. The number of hydrogen-bond donors (Lipinski definition) is 2. The van der Waals surface area contributed by atoms with Crippen molar-refractivity contribution in [1.82, 2.24) is 20.5 Å². The molecule has 2 aromatic carbocycles. The van der Waals surface area contributed by atoms with Crippen molar-refractivity contribution in [3.8, 4) is 46.1 Å². The molecule has 9 heteroatoms. The lowest BCUT2D eigenvalue weighted by molar-refractivity contribution is 0.0953. The minimum atomic E-state index is -0.327. The minimum absolute atomic E-state index is 0.167. The molecule has 2 N–H and O–H groups in total. The van der Waals surface area contributed by atoms with Crippen molar-refractivity contribution in [3.05, 3.63) is 60.4 Å². The first kappa shape index (κ1) is 23.4. The van der Waals surface area contributed by atoms with E-state index < -0.39 is 0 Å². The van der Waals surface area contributed by atoms with Gasteiger partial charge in [-0.2, -0.15) is 5.10 Å².